The number of anilines is 1. The van der Waals surface area contributed by atoms with Crippen LogP contribution in [0.3, 0.4) is 0 Å². The number of nitrogens with zero attached hydrogens (tertiary/aromatic N) is 4. The Bertz CT molecular complexity index is 1020. The molecule has 0 saturated carbocycles. The topological polar surface area (TPSA) is 84.2 Å². The zero-order valence-electron chi connectivity index (χ0n) is 16.3. The third-order valence-electron chi connectivity index (χ3n) is 4.96. The number of carbonyl (C=O) groups is 1. The third kappa shape index (κ3) is 4.29. The van der Waals surface area contributed by atoms with Crippen LogP contribution in [0.25, 0.3) is 11.4 Å². The molecule has 1 saturated heterocycles. The SMILES string of the molecule is Cc1nc(-c2ccc(N3CCCCC3C(=O)NCc3csc(C)n3)c(F)c2)no1. The summed E-state index contributed by atoms with van der Waals surface area (Å²) < 4.78 is 19.9. The summed E-state index contributed by atoms with van der Waals surface area (Å²) in [5.41, 5.74) is 1.80. The Balaban J connectivity index is 1.51. The van der Waals surface area contributed by atoms with E-state index in [2.05, 4.69) is 20.4 Å². The van der Waals surface area contributed by atoms with Gasteiger partial charge in [0.2, 0.25) is 17.6 Å². The number of piperidine rings is 1. The van der Waals surface area contributed by atoms with E-state index in [-0.39, 0.29) is 5.91 Å². The minimum absolute atomic E-state index is 0.104. The maximum Gasteiger partial charge on any atom is 0.243 e. The Kier molecular flexibility index (Phi) is 5.57. The monoisotopic (exact) mass is 415 g/mol. The minimum atomic E-state index is -0.406. The number of rotatable bonds is 5. The van der Waals surface area contributed by atoms with E-state index in [1.165, 1.54) is 6.07 Å². The van der Waals surface area contributed by atoms with E-state index in [4.69, 9.17) is 4.52 Å². The first kappa shape index (κ1) is 19.5. The fourth-order valence-corrected chi connectivity index (χ4v) is 4.19. The van der Waals surface area contributed by atoms with Crippen LogP contribution in [0, 0.1) is 19.7 Å². The molecule has 4 rings (SSSR count). The van der Waals surface area contributed by atoms with Gasteiger partial charge >= 0.3 is 0 Å². The highest BCUT2D eigenvalue weighted by Crippen LogP contribution is 2.30. The molecule has 0 bridgehead atoms. The van der Waals surface area contributed by atoms with Crippen molar-refractivity contribution in [3.05, 3.63) is 46.0 Å². The Morgan fingerprint density at radius 2 is 2.21 bits per heavy atom. The van der Waals surface area contributed by atoms with Gasteiger partial charge in [0.15, 0.2) is 0 Å². The maximum absolute atomic E-state index is 14.9. The fraction of sp³-hybridized carbons (Fsp3) is 0.400. The van der Waals surface area contributed by atoms with Crippen molar-refractivity contribution in [3.63, 3.8) is 0 Å². The highest BCUT2D eigenvalue weighted by molar-refractivity contribution is 7.09. The molecule has 1 aromatic carbocycles. The lowest BCUT2D eigenvalue weighted by Crippen LogP contribution is -2.49. The maximum atomic E-state index is 14.9. The summed E-state index contributed by atoms with van der Waals surface area (Å²) in [6.45, 7) is 4.63. The zero-order chi connectivity index (χ0) is 20.4. The molecule has 2 aromatic heterocycles. The van der Waals surface area contributed by atoms with E-state index in [9.17, 15) is 9.18 Å². The smallest absolute Gasteiger partial charge is 0.243 e. The van der Waals surface area contributed by atoms with Gasteiger partial charge in [0.25, 0.3) is 0 Å². The number of benzene rings is 1. The molecule has 0 aliphatic carbocycles. The van der Waals surface area contributed by atoms with Crippen molar-refractivity contribution >= 4 is 22.9 Å². The Morgan fingerprint density at radius 1 is 1.34 bits per heavy atom. The molecule has 3 aromatic rings. The fourth-order valence-electron chi connectivity index (χ4n) is 3.57. The number of thiazole rings is 1. The number of hydrogen-bond donors (Lipinski definition) is 1. The number of hydrogen-bond acceptors (Lipinski definition) is 7. The summed E-state index contributed by atoms with van der Waals surface area (Å²) in [6, 6.07) is 4.42. The van der Waals surface area contributed by atoms with Crippen LogP contribution >= 0.6 is 11.3 Å². The number of halogens is 1. The molecule has 1 aliphatic heterocycles. The third-order valence-corrected chi connectivity index (χ3v) is 5.78. The molecule has 3 heterocycles. The van der Waals surface area contributed by atoms with Gasteiger partial charge in [-0.1, -0.05) is 5.16 Å². The number of carbonyl (C=O) groups excluding carboxylic acids is 1. The standard InChI is InChI=1S/C20H22FN5O2S/c1-12-23-19(25-28-12)14-6-7-17(16(21)9-14)26-8-4-3-5-18(26)20(27)22-10-15-11-29-13(2)24-15/h6-7,9,11,18H,3-5,8,10H2,1-2H3,(H,22,27). The Hall–Kier alpha value is -2.81. The van der Waals surface area contributed by atoms with Crippen molar-refractivity contribution in [2.24, 2.45) is 0 Å². The van der Waals surface area contributed by atoms with Crippen molar-refractivity contribution < 1.29 is 13.7 Å². The van der Waals surface area contributed by atoms with Gasteiger partial charge in [-0.2, -0.15) is 4.98 Å². The van der Waals surface area contributed by atoms with Crippen LogP contribution in [0.2, 0.25) is 0 Å². The molecule has 0 spiro atoms. The average Bonchev–Trinajstić information content (AvgIpc) is 3.34. The number of aryl methyl sites for hydroxylation is 2. The first-order valence-electron chi connectivity index (χ1n) is 9.57. The van der Waals surface area contributed by atoms with Gasteiger partial charge in [0, 0.05) is 24.4 Å². The van der Waals surface area contributed by atoms with Crippen LogP contribution in [-0.2, 0) is 11.3 Å². The normalized spacial score (nSPS) is 16.8. The molecular weight excluding hydrogens is 393 g/mol. The van der Waals surface area contributed by atoms with Gasteiger partial charge in [-0.15, -0.1) is 11.3 Å². The van der Waals surface area contributed by atoms with E-state index in [0.29, 0.717) is 42.5 Å². The van der Waals surface area contributed by atoms with Gasteiger partial charge in [-0.3, -0.25) is 4.79 Å². The summed E-state index contributed by atoms with van der Waals surface area (Å²) in [6.07, 6.45) is 2.54. The highest BCUT2D eigenvalue weighted by Gasteiger charge is 2.30. The molecule has 1 N–H and O–H groups in total. The summed E-state index contributed by atoms with van der Waals surface area (Å²) >= 11 is 1.55. The molecule has 1 aliphatic rings. The molecule has 29 heavy (non-hydrogen) atoms. The molecule has 1 atom stereocenters. The van der Waals surface area contributed by atoms with Crippen LogP contribution in [0.1, 0.15) is 35.9 Å². The largest absolute Gasteiger partial charge is 0.357 e. The Morgan fingerprint density at radius 3 is 2.90 bits per heavy atom. The van der Waals surface area contributed by atoms with Gasteiger partial charge in [0.05, 0.1) is 22.9 Å². The lowest BCUT2D eigenvalue weighted by Gasteiger charge is -2.36. The molecule has 152 valence electrons. The number of nitrogens with one attached hydrogen (secondary N) is 1. The second-order valence-electron chi connectivity index (χ2n) is 7.08. The van der Waals surface area contributed by atoms with Gasteiger partial charge in [-0.05, 0) is 44.4 Å². The predicted octanol–water partition coefficient (Wildman–Crippen LogP) is 3.62. The van der Waals surface area contributed by atoms with E-state index < -0.39 is 11.9 Å². The van der Waals surface area contributed by atoms with Gasteiger partial charge in [-0.25, -0.2) is 9.37 Å². The summed E-state index contributed by atoms with van der Waals surface area (Å²) in [5, 5.41) is 9.68. The minimum Gasteiger partial charge on any atom is -0.357 e. The molecule has 1 fully saturated rings. The lowest BCUT2D eigenvalue weighted by atomic mass is 9.99. The van der Waals surface area contributed by atoms with Crippen molar-refractivity contribution in [2.75, 3.05) is 11.4 Å². The van der Waals surface area contributed by atoms with Crippen molar-refractivity contribution in [2.45, 2.75) is 45.7 Å². The molecular formula is C20H22FN5O2S. The second kappa shape index (κ2) is 8.28. The molecule has 0 radical (unpaired) electrons. The van der Waals surface area contributed by atoms with Gasteiger partial charge < -0.3 is 14.7 Å². The van der Waals surface area contributed by atoms with Crippen LogP contribution < -0.4 is 10.2 Å². The van der Waals surface area contributed by atoms with Crippen LogP contribution in [0.5, 0.6) is 0 Å². The van der Waals surface area contributed by atoms with E-state index in [1.807, 2.05) is 17.2 Å². The number of aromatic nitrogens is 3. The van der Waals surface area contributed by atoms with Crippen LogP contribution in [0.15, 0.2) is 28.1 Å². The predicted molar refractivity (Wildman–Crippen MR) is 108 cm³/mol. The molecule has 1 unspecified atom stereocenters. The lowest BCUT2D eigenvalue weighted by molar-refractivity contribution is -0.123. The molecule has 7 nitrogen and oxygen atoms in total. The zero-order valence-corrected chi connectivity index (χ0v) is 17.1. The molecule has 1 amide bonds. The van der Waals surface area contributed by atoms with Crippen LogP contribution in [-0.4, -0.2) is 33.6 Å². The second-order valence-corrected chi connectivity index (χ2v) is 8.15. The summed E-state index contributed by atoms with van der Waals surface area (Å²) in [7, 11) is 0. The number of amides is 1. The summed E-state index contributed by atoms with van der Waals surface area (Å²) in [4.78, 5) is 23.2. The quantitative estimate of drug-likeness (QED) is 0.685. The van der Waals surface area contributed by atoms with Gasteiger partial charge in [0.1, 0.15) is 11.9 Å². The summed E-state index contributed by atoms with van der Waals surface area (Å²) in [5.74, 6) is 0.263. The first-order chi connectivity index (χ1) is 14.0. The molecule has 9 heteroatoms. The van der Waals surface area contributed by atoms with E-state index in [1.54, 1.807) is 30.4 Å². The van der Waals surface area contributed by atoms with E-state index >= 15 is 0 Å². The van der Waals surface area contributed by atoms with Crippen molar-refractivity contribution in [1.82, 2.24) is 20.4 Å². The van der Waals surface area contributed by atoms with Crippen molar-refractivity contribution in [3.8, 4) is 11.4 Å². The highest BCUT2D eigenvalue weighted by atomic mass is 32.1. The van der Waals surface area contributed by atoms with Crippen LogP contribution in [0.4, 0.5) is 10.1 Å². The average molecular weight is 415 g/mol. The van der Waals surface area contributed by atoms with Crippen molar-refractivity contribution in [1.29, 1.82) is 0 Å². The first-order valence-corrected chi connectivity index (χ1v) is 10.4. The van der Waals surface area contributed by atoms with E-state index in [0.717, 1.165) is 23.5 Å². The Labute approximate surface area is 172 Å².